The third-order valence-corrected chi connectivity index (χ3v) is 4.56. The van der Waals surface area contributed by atoms with Crippen LogP contribution in [0.25, 0.3) is 9.40 Å². The van der Waals surface area contributed by atoms with Crippen molar-refractivity contribution in [2.24, 2.45) is 0 Å². The standard InChI is InChI=1S/C12H13NO3S2/c14-11(15)3-1-2-5-13-12(16)10-7-9-8(18-10)4-6-17-9/h4,6-7H,1-3,5H2,(H,13,16)(H,14,15). The average molecular weight is 283 g/mol. The molecule has 96 valence electrons. The van der Waals surface area contributed by atoms with Gasteiger partial charge < -0.3 is 10.4 Å². The number of fused-ring (bicyclic) bond motifs is 1. The van der Waals surface area contributed by atoms with E-state index in [4.69, 9.17) is 5.11 Å². The van der Waals surface area contributed by atoms with Gasteiger partial charge in [-0.15, -0.1) is 22.7 Å². The zero-order chi connectivity index (χ0) is 13.0. The Hall–Kier alpha value is -1.40. The van der Waals surface area contributed by atoms with Gasteiger partial charge in [0.05, 0.1) is 4.88 Å². The van der Waals surface area contributed by atoms with Crippen LogP contribution < -0.4 is 5.32 Å². The second-order valence-electron chi connectivity index (χ2n) is 3.87. The second-order valence-corrected chi connectivity index (χ2v) is 5.90. The van der Waals surface area contributed by atoms with Crippen molar-refractivity contribution < 1.29 is 14.7 Å². The van der Waals surface area contributed by atoms with E-state index in [0.717, 1.165) is 14.3 Å². The first-order valence-corrected chi connectivity index (χ1v) is 7.33. The van der Waals surface area contributed by atoms with Crippen molar-refractivity contribution in [1.82, 2.24) is 5.32 Å². The number of carboxylic acid groups (broad SMARTS) is 1. The van der Waals surface area contributed by atoms with Gasteiger partial charge >= 0.3 is 5.97 Å². The number of thiophene rings is 2. The van der Waals surface area contributed by atoms with E-state index in [1.54, 1.807) is 11.3 Å². The fraction of sp³-hybridized carbons (Fsp3) is 0.333. The van der Waals surface area contributed by atoms with Crippen molar-refractivity contribution in [1.29, 1.82) is 0 Å². The molecule has 0 aliphatic heterocycles. The third-order valence-electron chi connectivity index (χ3n) is 2.47. The van der Waals surface area contributed by atoms with Gasteiger partial charge in [-0.3, -0.25) is 9.59 Å². The minimum absolute atomic E-state index is 0.0706. The van der Waals surface area contributed by atoms with Crippen molar-refractivity contribution >= 4 is 43.9 Å². The summed E-state index contributed by atoms with van der Waals surface area (Å²) in [4.78, 5) is 22.8. The van der Waals surface area contributed by atoms with Gasteiger partial charge in [0, 0.05) is 22.4 Å². The van der Waals surface area contributed by atoms with Gasteiger partial charge in [0.2, 0.25) is 0 Å². The molecular weight excluding hydrogens is 270 g/mol. The molecule has 0 unspecified atom stereocenters. The Labute approximate surface area is 112 Å². The van der Waals surface area contributed by atoms with Crippen LogP contribution >= 0.6 is 22.7 Å². The van der Waals surface area contributed by atoms with Gasteiger partial charge in [-0.05, 0) is 30.4 Å². The van der Waals surface area contributed by atoms with E-state index in [1.165, 1.54) is 11.3 Å². The molecule has 0 radical (unpaired) electrons. The van der Waals surface area contributed by atoms with Crippen LogP contribution in [0.2, 0.25) is 0 Å². The van der Waals surface area contributed by atoms with E-state index in [0.29, 0.717) is 19.4 Å². The molecule has 2 aromatic rings. The molecule has 2 aromatic heterocycles. The molecule has 6 heteroatoms. The third kappa shape index (κ3) is 3.30. The molecule has 0 saturated carbocycles. The van der Waals surface area contributed by atoms with Crippen LogP contribution in [0.4, 0.5) is 0 Å². The Morgan fingerprint density at radius 2 is 2.11 bits per heavy atom. The molecule has 0 saturated heterocycles. The average Bonchev–Trinajstić information content (AvgIpc) is 2.87. The normalized spacial score (nSPS) is 10.7. The largest absolute Gasteiger partial charge is 0.481 e. The number of carbonyl (C=O) groups is 2. The van der Waals surface area contributed by atoms with Crippen molar-refractivity contribution in [3.8, 4) is 0 Å². The zero-order valence-corrected chi connectivity index (χ0v) is 11.3. The molecule has 0 aromatic carbocycles. The predicted molar refractivity (Wildman–Crippen MR) is 73.5 cm³/mol. The number of rotatable bonds is 6. The van der Waals surface area contributed by atoms with Crippen LogP contribution in [0.15, 0.2) is 17.5 Å². The molecule has 0 aliphatic carbocycles. The summed E-state index contributed by atoms with van der Waals surface area (Å²) in [6, 6.07) is 3.91. The number of carbonyl (C=O) groups excluding carboxylic acids is 1. The van der Waals surface area contributed by atoms with Crippen molar-refractivity contribution in [3.63, 3.8) is 0 Å². The molecule has 1 amide bonds. The highest BCUT2D eigenvalue weighted by molar-refractivity contribution is 7.27. The summed E-state index contributed by atoms with van der Waals surface area (Å²) in [6.45, 7) is 0.525. The van der Waals surface area contributed by atoms with Crippen molar-refractivity contribution in [2.45, 2.75) is 19.3 Å². The van der Waals surface area contributed by atoms with Crippen LogP contribution in [-0.4, -0.2) is 23.5 Å². The van der Waals surface area contributed by atoms with Crippen molar-refractivity contribution in [3.05, 3.63) is 22.4 Å². The Morgan fingerprint density at radius 3 is 2.83 bits per heavy atom. The second kappa shape index (κ2) is 5.97. The van der Waals surface area contributed by atoms with E-state index >= 15 is 0 Å². The van der Waals surface area contributed by atoms with E-state index < -0.39 is 5.97 Å². The van der Waals surface area contributed by atoms with E-state index in [9.17, 15) is 9.59 Å². The Morgan fingerprint density at radius 1 is 1.28 bits per heavy atom. The van der Waals surface area contributed by atoms with Gasteiger partial charge in [-0.2, -0.15) is 0 Å². The van der Waals surface area contributed by atoms with Crippen LogP contribution in [0.5, 0.6) is 0 Å². The molecule has 4 nitrogen and oxygen atoms in total. The van der Waals surface area contributed by atoms with Crippen molar-refractivity contribution in [2.75, 3.05) is 6.54 Å². The SMILES string of the molecule is O=C(O)CCCCNC(=O)c1cc2sccc2s1. The summed E-state index contributed by atoms with van der Waals surface area (Å²) in [5.41, 5.74) is 0. The summed E-state index contributed by atoms with van der Waals surface area (Å²) in [7, 11) is 0. The number of carboxylic acids is 1. The molecular formula is C12H13NO3S2. The summed E-state index contributed by atoms with van der Waals surface area (Å²) in [5, 5.41) is 13.3. The maximum atomic E-state index is 11.8. The highest BCUT2D eigenvalue weighted by atomic mass is 32.1. The molecule has 0 spiro atoms. The smallest absolute Gasteiger partial charge is 0.303 e. The number of hydrogen-bond acceptors (Lipinski definition) is 4. The summed E-state index contributed by atoms with van der Waals surface area (Å²) in [6.07, 6.45) is 1.44. The minimum Gasteiger partial charge on any atom is -0.481 e. The fourth-order valence-electron chi connectivity index (χ4n) is 1.57. The molecule has 0 fully saturated rings. The Balaban J connectivity index is 1.78. The van der Waals surface area contributed by atoms with Gasteiger partial charge in [0.25, 0.3) is 5.91 Å². The molecule has 0 aliphatic rings. The Kier molecular flexibility index (Phi) is 4.33. The number of unbranched alkanes of at least 4 members (excludes halogenated alkanes) is 1. The number of hydrogen-bond donors (Lipinski definition) is 2. The molecule has 2 N–H and O–H groups in total. The van der Waals surface area contributed by atoms with Gasteiger partial charge in [0.1, 0.15) is 0 Å². The van der Waals surface area contributed by atoms with Crippen LogP contribution in [0.3, 0.4) is 0 Å². The van der Waals surface area contributed by atoms with Gasteiger partial charge in [-0.1, -0.05) is 0 Å². The molecule has 2 heterocycles. The fourth-order valence-corrected chi connectivity index (χ4v) is 3.59. The summed E-state index contributed by atoms with van der Waals surface area (Å²) in [5.74, 6) is -0.862. The lowest BCUT2D eigenvalue weighted by Gasteiger charge is -2.02. The topological polar surface area (TPSA) is 66.4 Å². The van der Waals surface area contributed by atoms with E-state index in [-0.39, 0.29) is 12.3 Å². The van der Waals surface area contributed by atoms with Crippen LogP contribution in [-0.2, 0) is 4.79 Å². The lowest BCUT2D eigenvalue weighted by molar-refractivity contribution is -0.137. The van der Waals surface area contributed by atoms with Gasteiger partial charge in [-0.25, -0.2) is 0 Å². The van der Waals surface area contributed by atoms with Gasteiger partial charge in [0.15, 0.2) is 0 Å². The molecule has 0 bridgehead atoms. The monoisotopic (exact) mass is 283 g/mol. The minimum atomic E-state index is -0.792. The maximum absolute atomic E-state index is 11.8. The quantitative estimate of drug-likeness (QED) is 0.801. The van der Waals surface area contributed by atoms with Crippen LogP contribution in [0.1, 0.15) is 28.9 Å². The van der Waals surface area contributed by atoms with E-state index in [1.807, 2.05) is 17.5 Å². The Bertz CT molecular complexity index is 530. The molecule has 18 heavy (non-hydrogen) atoms. The van der Waals surface area contributed by atoms with E-state index in [2.05, 4.69) is 5.32 Å². The number of aliphatic carboxylic acids is 1. The maximum Gasteiger partial charge on any atom is 0.303 e. The first-order valence-electron chi connectivity index (χ1n) is 5.64. The number of amides is 1. The molecule has 0 atom stereocenters. The highest BCUT2D eigenvalue weighted by Gasteiger charge is 2.10. The zero-order valence-electron chi connectivity index (χ0n) is 9.64. The number of nitrogens with one attached hydrogen (secondary N) is 1. The predicted octanol–water partition coefficient (Wildman–Crippen LogP) is 2.95. The lowest BCUT2D eigenvalue weighted by atomic mass is 10.2. The highest BCUT2D eigenvalue weighted by Crippen LogP contribution is 2.29. The first-order chi connectivity index (χ1) is 8.66. The lowest BCUT2D eigenvalue weighted by Crippen LogP contribution is -2.23. The summed E-state index contributed by atoms with van der Waals surface area (Å²) < 4.78 is 2.27. The summed E-state index contributed by atoms with van der Waals surface area (Å²) >= 11 is 3.11. The first kappa shape index (κ1) is 13.0. The van der Waals surface area contributed by atoms with Crippen LogP contribution in [0, 0.1) is 0 Å². The molecule has 2 rings (SSSR count).